The Balaban J connectivity index is 2.08. The molecule has 0 saturated carbocycles. The van der Waals surface area contributed by atoms with Crippen molar-refractivity contribution in [2.75, 3.05) is 0 Å². The number of hydrogen-bond donors (Lipinski definition) is 0. The van der Waals surface area contributed by atoms with Crippen LogP contribution in [0.1, 0.15) is 16.8 Å². The first-order chi connectivity index (χ1) is 10.4. The summed E-state index contributed by atoms with van der Waals surface area (Å²) in [5.41, 5.74) is 2.09. The van der Waals surface area contributed by atoms with E-state index >= 15 is 0 Å². The molecule has 2 aromatic rings. The zero-order chi connectivity index (χ0) is 16.2. The van der Waals surface area contributed by atoms with Crippen LogP contribution in [0.3, 0.4) is 0 Å². The number of rotatable bonds is 3. The van der Waals surface area contributed by atoms with Crippen molar-refractivity contribution in [3.63, 3.8) is 0 Å². The van der Waals surface area contributed by atoms with Gasteiger partial charge in [-0.25, -0.2) is 4.98 Å². The molecule has 0 saturated heterocycles. The first-order valence-electron chi connectivity index (χ1n) is 6.26. The van der Waals surface area contributed by atoms with E-state index in [0.717, 1.165) is 17.7 Å². The number of halogens is 4. The van der Waals surface area contributed by atoms with Crippen molar-refractivity contribution < 1.29 is 22.3 Å². The highest BCUT2D eigenvalue weighted by molar-refractivity contribution is 5.42. The highest BCUT2D eigenvalue weighted by atomic mass is 19.3. The van der Waals surface area contributed by atoms with Gasteiger partial charge in [0.05, 0.1) is 0 Å². The minimum Gasteiger partial charge on any atom is -0.428 e. The number of hydrogen-bond acceptors (Lipinski definition) is 2. The molecule has 0 atom stereocenters. The van der Waals surface area contributed by atoms with Gasteiger partial charge in [0.1, 0.15) is 11.4 Å². The monoisotopic (exact) mass is 309 g/mol. The lowest BCUT2D eigenvalue weighted by atomic mass is 10.2. The highest BCUT2D eigenvalue weighted by Gasteiger charge is 2.43. The van der Waals surface area contributed by atoms with Crippen LogP contribution in [0.2, 0.25) is 0 Å². The zero-order valence-corrected chi connectivity index (χ0v) is 11.5. The van der Waals surface area contributed by atoms with E-state index in [4.69, 9.17) is 0 Å². The Morgan fingerprint density at radius 1 is 1.05 bits per heavy atom. The molecule has 2 rings (SSSR count). The Kier molecular flexibility index (Phi) is 4.66. The maximum atomic E-state index is 12.7. The van der Waals surface area contributed by atoms with E-state index in [0.29, 0.717) is 11.3 Å². The quantitative estimate of drug-likeness (QED) is 0.631. The minimum atomic E-state index is -4.51. The lowest BCUT2D eigenvalue weighted by Crippen LogP contribution is -2.33. The maximum absolute atomic E-state index is 12.7. The van der Waals surface area contributed by atoms with E-state index in [-0.39, 0.29) is 5.75 Å². The summed E-state index contributed by atoms with van der Waals surface area (Å²) in [5, 5.41) is 0. The average Bonchev–Trinajstić information content (AvgIpc) is 2.48. The van der Waals surface area contributed by atoms with Crippen LogP contribution in [0.15, 0.2) is 42.6 Å². The van der Waals surface area contributed by atoms with Crippen molar-refractivity contribution in [1.29, 1.82) is 0 Å². The van der Waals surface area contributed by atoms with E-state index in [2.05, 4.69) is 21.6 Å². The van der Waals surface area contributed by atoms with Crippen molar-refractivity contribution >= 4 is 0 Å². The molecule has 0 aliphatic heterocycles. The van der Waals surface area contributed by atoms with Crippen molar-refractivity contribution in [2.45, 2.75) is 19.5 Å². The molecule has 0 radical (unpaired) electrons. The van der Waals surface area contributed by atoms with Gasteiger partial charge in [-0.3, -0.25) is 0 Å². The lowest BCUT2D eigenvalue weighted by molar-refractivity contribution is -0.253. The van der Waals surface area contributed by atoms with Crippen LogP contribution in [-0.4, -0.2) is 17.5 Å². The van der Waals surface area contributed by atoms with E-state index in [1.165, 1.54) is 12.1 Å². The van der Waals surface area contributed by atoms with Gasteiger partial charge < -0.3 is 4.74 Å². The van der Waals surface area contributed by atoms with E-state index in [1.807, 2.05) is 13.0 Å². The first-order valence-corrected chi connectivity index (χ1v) is 6.26. The van der Waals surface area contributed by atoms with Crippen LogP contribution in [0.4, 0.5) is 17.6 Å². The van der Waals surface area contributed by atoms with Gasteiger partial charge in [-0.1, -0.05) is 12.0 Å². The molecule has 1 heterocycles. The van der Waals surface area contributed by atoms with Gasteiger partial charge in [-0.2, -0.15) is 17.6 Å². The van der Waals surface area contributed by atoms with Gasteiger partial charge in [0.2, 0.25) is 0 Å². The fraction of sp³-hybridized carbons (Fsp3) is 0.188. The summed E-state index contributed by atoms with van der Waals surface area (Å²) in [7, 11) is 0. The molecule has 22 heavy (non-hydrogen) atoms. The fourth-order valence-electron chi connectivity index (χ4n) is 1.49. The van der Waals surface area contributed by atoms with Gasteiger partial charge in [0, 0.05) is 11.8 Å². The molecule has 0 aliphatic rings. The normalized spacial score (nSPS) is 11.0. The average molecular weight is 309 g/mol. The topological polar surface area (TPSA) is 22.1 Å². The van der Waals surface area contributed by atoms with E-state index < -0.39 is 12.5 Å². The minimum absolute atomic E-state index is 0.357. The summed E-state index contributed by atoms with van der Waals surface area (Å²) in [6, 6.07) is 8.73. The lowest BCUT2D eigenvalue weighted by Gasteiger charge is -2.16. The standard InChI is InChI=1S/C16H11F4NO/c1-11-2-6-13(21-10-11)7-3-12-4-8-14(9-5-12)22-16(19,20)15(17)18/h2,4-6,8-10,15H,1H3. The molecule has 6 heteroatoms. The molecule has 0 fully saturated rings. The van der Waals surface area contributed by atoms with Crippen LogP contribution in [0, 0.1) is 18.8 Å². The van der Waals surface area contributed by atoms with Gasteiger partial charge in [0.15, 0.2) is 0 Å². The first kappa shape index (κ1) is 15.8. The summed E-state index contributed by atoms with van der Waals surface area (Å²) >= 11 is 0. The summed E-state index contributed by atoms with van der Waals surface area (Å²) < 4.78 is 53.4. The van der Waals surface area contributed by atoms with Crippen LogP contribution in [0.25, 0.3) is 0 Å². The fourth-order valence-corrected chi connectivity index (χ4v) is 1.49. The molecule has 2 nitrogen and oxygen atoms in total. The third kappa shape index (κ3) is 4.22. The number of nitrogens with zero attached hydrogens (tertiary/aromatic N) is 1. The van der Waals surface area contributed by atoms with Gasteiger partial charge in [-0.15, -0.1) is 0 Å². The predicted molar refractivity (Wildman–Crippen MR) is 73.0 cm³/mol. The molecular formula is C16H11F4NO. The maximum Gasteiger partial charge on any atom is 0.461 e. The molecule has 114 valence electrons. The molecule has 0 amide bonds. The molecular weight excluding hydrogens is 298 g/mol. The molecule has 0 bridgehead atoms. The third-order valence-corrected chi connectivity index (χ3v) is 2.61. The van der Waals surface area contributed by atoms with Crippen LogP contribution in [-0.2, 0) is 0 Å². The molecule has 0 spiro atoms. The molecule has 0 N–H and O–H groups in total. The second-order valence-corrected chi connectivity index (χ2v) is 4.46. The predicted octanol–water partition coefficient (Wildman–Crippen LogP) is 4.03. The summed E-state index contributed by atoms with van der Waals surface area (Å²) in [5.74, 6) is 5.24. The number of aryl methyl sites for hydroxylation is 1. The second kappa shape index (κ2) is 6.48. The van der Waals surface area contributed by atoms with Gasteiger partial charge in [-0.05, 0) is 48.7 Å². The highest BCUT2D eigenvalue weighted by Crippen LogP contribution is 2.27. The van der Waals surface area contributed by atoms with Crippen molar-refractivity contribution in [1.82, 2.24) is 4.98 Å². The van der Waals surface area contributed by atoms with Gasteiger partial charge >= 0.3 is 12.5 Å². The Morgan fingerprint density at radius 3 is 2.27 bits per heavy atom. The van der Waals surface area contributed by atoms with Crippen molar-refractivity contribution in [3.8, 4) is 17.6 Å². The third-order valence-electron chi connectivity index (χ3n) is 2.61. The second-order valence-electron chi connectivity index (χ2n) is 4.46. The van der Waals surface area contributed by atoms with Crippen LogP contribution in [0.5, 0.6) is 5.75 Å². The van der Waals surface area contributed by atoms with Gasteiger partial charge in [0.25, 0.3) is 0 Å². The summed E-state index contributed by atoms with van der Waals surface area (Å²) in [4.78, 5) is 4.10. The van der Waals surface area contributed by atoms with E-state index in [1.54, 1.807) is 12.3 Å². The van der Waals surface area contributed by atoms with Crippen molar-refractivity contribution in [3.05, 3.63) is 59.4 Å². The van der Waals surface area contributed by atoms with Crippen LogP contribution >= 0.6 is 0 Å². The Hall–Kier alpha value is -2.55. The van der Waals surface area contributed by atoms with Crippen LogP contribution < -0.4 is 4.74 Å². The number of benzene rings is 1. The largest absolute Gasteiger partial charge is 0.461 e. The SMILES string of the molecule is Cc1ccc(C#Cc2ccc(OC(F)(F)C(F)F)cc2)nc1. The van der Waals surface area contributed by atoms with E-state index in [9.17, 15) is 17.6 Å². The zero-order valence-electron chi connectivity index (χ0n) is 11.5. The molecule has 1 aromatic carbocycles. The molecule has 1 aromatic heterocycles. The Bertz CT molecular complexity index is 685. The number of alkyl halides is 4. The number of pyridine rings is 1. The molecule has 0 unspecified atom stereocenters. The van der Waals surface area contributed by atoms with Crippen molar-refractivity contribution in [2.24, 2.45) is 0 Å². The Labute approximate surface area is 124 Å². The Morgan fingerprint density at radius 2 is 1.73 bits per heavy atom. The summed E-state index contributed by atoms with van der Waals surface area (Å²) in [6.45, 7) is 1.90. The molecule has 0 aliphatic carbocycles. The smallest absolute Gasteiger partial charge is 0.428 e. The summed E-state index contributed by atoms with van der Waals surface area (Å²) in [6.07, 6.45) is -6.73. The number of aromatic nitrogens is 1. The number of ether oxygens (including phenoxy) is 1.